The zero-order valence-corrected chi connectivity index (χ0v) is 21.6. The van der Waals surface area contributed by atoms with Crippen molar-refractivity contribution in [1.82, 2.24) is 20.0 Å². The number of carbonyl (C=O) groups excluding carboxylic acids is 1. The maximum atomic E-state index is 12.4. The number of benzene rings is 1. The van der Waals surface area contributed by atoms with Gasteiger partial charge in [0.05, 0.1) is 13.1 Å². The number of halogens is 2. The van der Waals surface area contributed by atoms with E-state index in [1.54, 1.807) is 0 Å². The molecule has 1 aromatic rings. The van der Waals surface area contributed by atoms with Crippen molar-refractivity contribution in [3.63, 3.8) is 0 Å². The van der Waals surface area contributed by atoms with E-state index in [9.17, 15) is 4.79 Å². The summed E-state index contributed by atoms with van der Waals surface area (Å²) in [5.74, 6) is 1.29. The van der Waals surface area contributed by atoms with Crippen molar-refractivity contribution in [2.24, 2.45) is 4.99 Å². The van der Waals surface area contributed by atoms with E-state index in [0.29, 0.717) is 12.5 Å². The molecule has 3 fully saturated rings. The quantitative estimate of drug-likeness (QED) is 0.331. The number of amides is 1. The third-order valence-corrected chi connectivity index (χ3v) is 6.88. The molecule has 0 aromatic heterocycles. The summed E-state index contributed by atoms with van der Waals surface area (Å²) in [7, 11) is 0. The molecule has 0 bridgehead atoms. The third kappa shape index (κ3) is 6.26. The van der Waals surface area contributed by atoms with Gasteiger partial charge in [-0.3, -0.25) is 14.7 Å². The summed E-state index contributed by atoms with van der Waals surface area (Å²) in [5, 5.41) is 4.27. The van der Waals surface area contributed by atoms with Crippen LogP contribution in [0.25, 0.3) is 0 Å². The number of guanidine groups is 1. The van der Waals surface area contributed by atoms with Gasteiger partial charge in [0.1, 0.15) is 0 Å². The molecular weight excluding hydrogens is 525 g/mol. The molecule has 4 rings (SSSR count). The van der Waals surface area contributed by atoms with E-state index in [2.05, 4.69) is 34.2 Å². The molecule has 3 aliphatic rings. The summed E-state index contributed by atoms with van der Waals surface area (Å²) < 4.78 is 0. The van der Waals surface area contributed by atoms with Crippen molar-refractivity contribution in [3.8, 4) is 0 Å². The Hall–Kier alpha value is -1.06. The summed E-state index contributed by atoms with van der Waals surface area (Å²) in [6.45, 7) is 9.82. The lowest BCUT2D eigenvalue weighted by atomic mass is 9.96. The maximum absolute atomic E-state index is 12.4. The second-order valence-electron chi connectivity index (χ2n) is 8.81. The predicted molar refractivity (Wildman–Crippen MR) is 138 cm³/mol. The fraction of sp³-hybridized carbons (Fsp3) is 0.652. The smallest absolute Gasteiger partial charge is 0.236 e. The lowest BCUT2D eigenvalue weighted by molar-refractivity contribution is -0.131. The molecule has 0 unspecified atom stereocenters. The second-order valence-corrected chi connectivity index (χ2v) is 9.25. The van der Waals surface area contributed by atoms with Crippen molar-refractivity contribution in [1.29, 1.82) is 0 Å². The zero-order chi connectivity index (χ0) is 21.0. The van der Waals surface area contributed by atoms with Crippen LogP contribution in [-0.2, 0) is 10.2 Å². The Morgan fingerprint density at radius 2 is 1.81 bits per heavy atom. The van der Waals surface area contributed by atoms with Gasteiger partial charge in [0.15, 0.2) is 5.96 Å². The number of carbonyl (C=O) groups is 1. The Morgan fingerprint density at radius 3 is 2.42 bits per heavy atom. The first kappa shape index (κ1) is 24.6. The number of nitrogens with one attached hydrogen (secondary N) is 1. The van der Waals surface area contributed by atoms with E-state index >= 15 is 0 Å². The van der Waals surface area contributed by atoms with Crippen LogP contribution in [0.4, 0.5) is 0 Å². The van der Waals surface area contributed by atoms with Crippen molar-refractivity contribution in [2.45, 2.75) is 38.0 Å². The first-order valence-electron chi connectivity index (χ1n) is 11.4. The number of hydrogen-bond acceptors (Lipinski definition) is 3. The minimum absolute atomic E-state index is 0. The average molecular weight is 560 g/mol. The molecule has 8 heteroatoms. The summed E-state index contributed by atoms with van der Waals surface area (Å²) in [4.78, 5) is 24.1. The summed E-state index contributed by atoms with van der Waals surface area (Å²) >= 11 is 6.22. The zero-order valence-electron chi connectivity index (χ0n) is 18.5. The van der Waals surface area contributed by atoms with Gasteiger partial charge in [-0.25, -0.2) is 0 Å². The number of likely N-dealkylation sites (tertiary alicyclic amines) is 1. The molecule has 1 amide bonds. The number of hydrogen-bond donors (Lipinski definition) is 1. The monoisotopic (exact) mass is 559 g/mol. The normalized spacial score (nSPS) is 21.0. The minimum Gasteiger partial charge on any atom is -0.357 e. The highest BCUT2D eigenvalue weighted by atomic mass is 127. The molecule has 1 aromatic carbocycles. The Morgan fingerprint density at radius 1 is 1.10 bits per heavy atom. The lowest BCUT2D eigenvalue weighted by Crippen LogP contribution is -2.54. The van der Waals surface area contributed by atoms with Crippen LogP contribution in [0.2, 0.25) is 5.02 Å². The number of nitrogens with zero attached hydrogens (tertiary/aromatic N) is 4. The predicted octanol–water partition coefficient (Wildman–Crippen LogP) is 3.20. The van der Waals surface area contributed by atoms with Gasteiger partial charge >= 0.3 is 0 Å². The van der Waals surface area contributed by atoms with Gasteiger partial charge in [0.25, 0.3) is 0 Å². The molecule has 1 N–H and O–H groups in total. The van der Waals surface area contributed by atoms with E-state index in [-0.39, 0.29) is 29.4 Å². The topological polar surface area (TPSA) is 51.2 Å². The summed E-state index contributed by atoms with van der Waals surface area (Å²) in [5.41, 5.74) is 1.45. The van der Waals surface area contributed by atoms with Crippen molar-refractivity contribution in [2.75, 3.05) is 58.9 Å². The van der Waals surface area contributed by atoms with Gasteiger partial charge in [-0.2, -0.15) is 0 Å². The van der Waals surface area contributed by atoms with Crippen molar-refractivity contribution < 1.29 is 4.79 Å². The van der Waals surface area contributed by atoms with E-state index in [0.717, 1.165) is 76.2 Å². The summed E-state index contributed by atoms with van der Waals surface area (Å²) in [6.07, 6.45) is 4.64. The summed E-state index contributed by atoms with van der Waals surface area (Å²) in [6, 6.07) is 8.24. The first-order valence-corrected chi connectivity index (χ1v) is 11.8. The highest BCUT2D eigenvalue weighted by Gasteiger charge is 2.44. The van der Waals surface area contributed by atoms with Crippen LogP contribution >= 0.6 is 35.6 Å². The number of piperazine rings is 1. The Labute approximate surface area is 208 Å². The molecule has 2 aliphatic heterocycles. The maximum Gasteiger partial charge on any atom is 0.236 e. The van der Waals surface area contributed by atoms with Crippen LogP contribution in [0, 0.1) is 0 Å². The molecule has 2 heterocycles. The fourth-order valence-corrected chi connectivity index (χ4v) is 4.73. The molecular formula is C23H35ClIN5O. The van der Waals surface area contributed by atoms with Crippen molar-refractivity contribution >= 4 is 47.4 Å². The average Bonchev–Trinajstić information content (AvgIpc) is 3.34. The Bertz CT molecular complexity index is 771. The minimum atomic E-state index is 0. The first-order chi connectivity index (χ1) is 14.6. The van der Waals surface area contributed by atoms with E-state index in [4.69, 9.17) is 16.6 Å². The number of rotatable bonds is 6. The van der Waals surface area contributed by atoms with Crippen molar-refractivity contribution in [3.05, 3.63) is 34.9 Å². The second kappa shape index (κ2) is 11.2. The Kier molecular flexibility index (Phi) is 8.87. The van der Waals surface area contributed by atoms with Crippen LogP contribution in [0.1, 0.15) is 38.2 Å². The molecule has 172 valence electrons. The van der Waals surface area contributed by atoms with Gasteiger partial charge < -0.3 is 15.1 Å². The highest BCUT2D eigenvalue weighted by molar-refractivity contribution is 14.0. The molecule has 31 heavy (non-hydrogen) atoms. The van der Waals surface area contributed by atoms with Crippen LogP contribution < -0.4 is 5.32 Å². The molecule has 0 spiro atoms. The molecule has 6 nitrogen and oxygen atoms in total. The molecule has 0 radical (unpaired) electrons. The van der Waals surface area contributed by atoms with E-state index in [1.165, 1.54) is 18.4 Å². The van der Waals surface area contributed by atoms with Crippen LogP contribution in [-0.4, -0.2) is 85.5 Å². The van der Waals surface area contributed by atoms with E-state index < -0.39 is 0 Å². The van der Waals surface area contributed by atoms with Gasteiger partial charge in [0, 0.05) is 56.3 Å². The van der Waals surface area contributed by atoms with Crippen LogP contribution in [0.5, 0.6) is 0 Å². The van der Waals surface area contributed by atoms with E-state index in [1.807, 2.05) is 17.0 Å². The standard InChI is InChI=1S/C23H34ClN5O.HI/c1-2-25-22(26-18-23(8-9-23)19-6-5-7-20(24)16-19)29-14-12-27(13-15-29)17-21(30)28-10-3-4-11-28;/h5-7,16H,2-4,8-15,17-18H2,1H3,(H,25,26);1H. The molecule has 1 saturated carbocycles. The SMILES string of the molecule is CCNC(=NCC1(c2cccc(Cl)c2)CC1)N1CCN(CC(=O)N2CCCC2)CC1.I. The number of aliphatic imine (C=N–C) groups is 1. The molecule has 0 atom stereocenters. The largest absolute Gasteiger partial charge is 0.357 e. The highest BCUT2D eigenvalue weighted by Crippen LogP contribution is 2.48. The van der Waals surface area contributed by atoms with Crippen LogP contribution in [0.15, 0.2) is 29.3 Å². The molecule has 2 saturated heterocycles. The lowest BCUT2D eigenvalue weighted by Gasteiger charge is -2.36. The Balaban J connectivity index is 0.00000272. The van der Waals surface area contributed by atoms with Gasteiger partial charge in [-0.1, -0.05) is 23.7 Å². The molecule has 1 aliphatic carbocycles. The van der Waals surface area contributed by atoms with Gasteiger partial charge in [0.2, 0.25) is 5.91 Å². The van der Waals surface area contributed by atoms with Gasteiger partial charge in [-0.05, 0) is 50.3 Å². The van der Waals surface area contributed by atoms with Crippen LogP contribution in [0.3, 0.4) is 0 Å². The third-order valence-electron chi connectivity index (χ3n) is 6.65. The fourth-order valence-electron chi connectivity index (χ4n) is 4.53. The van der Waals surface area contributed by atoms with Gasteiger partial charge in [-0.15, -0.1) is 24.0 Å².